The van der Waals surface area contributed by atoms with Gasteiger partial charge in [-0.2, -0.15) is 0 Å². The number of hydrogen-bond donors (Lipinski definition) is 2. The highest BCUT2D eigenvalue weighted by atomic mass is 35.5. The summed E-state index contributed by atoms with van der Waals surface area (Å²) < 4.78 is 1.77. The SMILES string of the molecule is CCN(CC)c1ccc(C(=O)NNC(=O)/C=C/c2c(Cl)nc3ccccn23)cc1. The van der Waals surface area contributed by atoms with E-state index in [9.17, 15) is 9.59 Å². The summed E-state index contributed by atoms with van der Waals surface area (Å²) in [4.78, 5) is 30.7. The van der Waals surface area contributed by atoms with Crippen LogP contribution >= 0.6 is 11.6 Å². The lowest BCUT2D eigenvalue weighted by molar-refractivity contribution is -0.117. The molecule has 3 aromatic rings. The Bertz CT molecular complexity index is 1040. The maximum absolute atomic E-state index is 12.2. The smallest absolute Gasteiger partial charge is 0.269 e. The minimum Gasteiger partial charge on any atom is -0.372 e. The van der Waals surface area contributed by atoms with E-state index in [1.807, 2.05) is 30.3 Å². The van der Waals surface area contributed by atoms with Gasteiger partial charge < -0.3 is 4.90 Å². The number of aromatic nitrogens is 2. The van der Waals surface area contributed by atoms with Crippen LogP contribution in [0.15, 0.2) is 54.7 Å². The van der Waals surface area contributed by atoms with E-state index in [0.717, 1.165) is 18.8 Å². The third-order valence-corrected chi connectivity index (χ3v) is 4.75. The predicted octanol–water partition coefficient (Wildman–Crippen LogP) is 3.31. The van der Waals surface area contributed by atoms with Crippen molar-refractivity contribution in [3.63, 3.8) is 0 Å². The number of carbonyl (C=O) groups is 2. The van der Waals surface area contributed by atoms with Crippen molar-refractivity contribution in [1.82, 2.24) is 20.2 Å². The van der Waals surface area contributed by atoms with E-state index in [4.69, 9.17) is 11.6 Å². The number of pyridine rings is 1. The van der Waals surface area contributed by atoms with Crippen molar-refractivity contribution in [2.45, 2.75) is 13.8 Å². The Morgan fingerprint density at radius 1 is 1.10 bits per heavy atom. The van der Waals surface area contributed by atoms with Crippen LogP contribution in [-0.2, 0) is 4.79 Å². The molecule has 0 aliphatic rings. The Hall–Kier alpha value is -3.32. The number of hydrazine groups is 1. The topological polar surface area (TPSA) is 78.7 Å². The number of hydrogen-bond acceptors (Lipinski definition) is 4. The molecule has 0 spiro atoms. The van der Waals surface area contributed by atoms with Crippen LogP contribution in [0.5, 0.6) is 0 Å². The second-order valence-corrected chi connectivity index (χ2v) is 6.57. The summed E-state index contributed by atoms with van der Waals surface area (Å²) in [6.45, 7) is 5.93. The van der Waals surface area contributed by atoms with Crippen LogP contribution in [0.2, 0.25) is 5.15 Å². The summed E-state index contributed by atoms with van der Waals surface area (Å²) in [5.74, 6) is -0.884. The summed E-state index contributed by atoms with van der Waals surface area (Å²) in [5, 5.41) is 0.289. The molecule has 0 saturated heterocycles. The predicted molar refractivity (Wildman–Crippen MR) is 115 cm³/mol. The molecule has 0 radical (unpaired) electrons. The standard InChI is InChI=1S/C21H22ClN5O2/c1-3-26(4-2)16-10-8-15(9-11-16)21(29)25-24-19(28)13-12-17-20(22)23-18-7-5-6-14-27(17)18/h5-14H,3-4H2,1-2H3,(H,24,28)(H,25,29)/b13-12+. The number of nitrogens with one attached hydrogen (secondary N) is 2. The number of halogens is 1. The molecule has 3 rings (SSSR count). The molecular weight excluding hydrogens is 390 g/mol. The quantitative estimate of drug-likeness (QED) is 0.482. The maximum Gasteiger partial charge on any atom is 0.269 e. The van der Waals surface area contributed by atoms with Gasteiger partial charge in [-0.1, -0.05) is 17.7 Å². The van der Waals surface area contributed by atoms with Crippen LogP contribution in [0.3, 0.4) is 0 Å². The highest BCUT2D eigenvalue weighted by Gasteiger charge is 2.09. The van der Waals surface area contributed by atoms with Gasteiger partial charge in [-0.25, -0.2) is 4.98 Å². The van der Waals surface area contributed by atoms with E-state index >= 15 is 0 Å². The Kier molecular flexibility index (Phi) is 6.51. The highest BCUT2D eigenvalue weighted by molar-refractivity contribution is 6.31. The fourth-order valence-corrected chi connectivity index (χ4v) is 3.18. The van der Waals surface area contributed by atoms with E-state index in [1.165, 1.54) is 6.08 Å². The number of nitrogens with zero attached hydrogens (tertiary/aromatic N) is 3. The summed E-state index contributed by atoms with van der Waals surface area (Å²) in [6, 6.07) is 12.7. The van der Waals surface area contributed by atoms with E-state index in [-0.39, 0.29) is 5.15 Å². The zero-order chi connectivity index (χ0) is 20.8. The Morgan fingerprint density at radius 3 is 2.52 bits per heavy atom. The molecule has 0 fully saturated rings. The van der Waals surface area contributed by atoms with Crippen LogP contribution in [0, 0.1) is 0 Å². The van der Waals surface area contributed by atoms with Crippen LogP contribution in [-0.4, -0.2) is 34.3 Å². The van der Waals surface area contributed by atoms with Crippen LogP contribution in [0.25, 0.3) is 11.7 Å². The molecule has 0 saturated carbocycles. The van der Waals surface area contributed by atoms with Crippen molar-refractivity contribution in [2.24, 2.45) is 0 Å². The largest absolute Gasteiger partial charge is 0.372 e. The van der Waals surface area contributed by atoms with E-state index in [0.29, 0.717) is 16.9 Å². The molecular formula is C21H22ClN5O2. The number of rotatable bonds is 6. The molecule has 150 valence electrons. The van der Waals surface area contributed by atoms with Gasteiger partial charge in [0.15, 0.2) is 5.15 Å². The lowest BCUT2D eigenvalue weighted by Crippen LogP contribution is -2.40. The molecule has 7 nitrogen and oxygen atoms in total. The molecule has 2 amide bonds. The number of benzene rings is 1. The average Bonchev–Trinajstić information content (AvgIpc) is 3.06. The summed E-state index contributed by atoms with van der Waals surface area (Å²) >= 11 is 6.13. The molecule has 0 aliphatic carbocycles. The van der Waals surface area contributed by atoms with Crippen LogP contribution in [0.1, 0.15) is 29.9 Å². The zero-order valence-electron chi connectivity index (χ0n) is 16.2. The summed E-state index contributed by atoms with van der Waals surface area (Å²) in [5.41, 5.74) is 7.52. The molecule has 0 unspecified atom stereocenters. The highest BCUT2D eigenvalue weighted by Crippen LogP contribution is 2.18. The first kappa shape index (κ1) is 20.4. The maximum atomic E-state index is 12.2. The molecule has 0 atom stereocenters. The fourth-order valence-electron chi connectivity index (χ4n) is 2.93. The Labute approximate surface area is 174 Å². The van der Waals surface area contributed by atoms with Crippen molar-refractivity contribution >= 4 is 40.8 Å². The normalized spacial score (nSPS) is 11.0. The Balaban J connectivity index is 1.59. The molecule has 1 aromatic carbocycles. The van der Waals surface area contributed by atoms with Gasteiger partial charge in [0.1, 0.15) is 5.65 Å². The van der Waals surface area contributed by atoms with Crippen LogP contribution < -0.4 is 15.8 Å². The number of carbonyl (C=O) groups excluding carboxylic acids is 2. The van der Waals surface area contributed by atoms with Gasteiger partial charge in [0.2, 0.25) is 0 Å². The Morgan fingerprint density at radius 2 is 1.83 bits per heavy atom. The third-order valence-electron chi connectivity index (χ3n) is 4.47. The van der Waals surface area contributed by atoms with E-state index in [1.54, 1.807) is 28.8 Å². The fraction of sp³-hybridized carbons (Fsp3) is 0.190. The molecule has 0 bridgehead atoms. The molecule has 8 heteroatoms. The number of fused-ring (bicyclic) bond motifs is 1. The molecule has 29 heavy (non-hydrogen) atoms. The van der Waals surface area contributed by atoms with Crippen molar-refractivity contribution in [1.29, 1.82) is 0 Å². The average molecular weight is 412 g/mol. The minimum atomic E-state index is -0.486. The zero-order valence-corrected chi connectivity index (χ0v) is 17.0. The molecule has 2 heterocycles. The molecule has 0 aliphatic heterocycles. The first-order valence-corrected chi connectivity index (χ1v) is 9.67. The number of imidazole rings is 1. The second-order valence-electron chi connectivity index (χ2n) is 6.21. The van der Waals surface area contributed by atoms with Crippen molar-refractivity contribution in [3.8, 4) is 0 Å². The number of anilines is 1. The lowest BCUT2D eigenvalue weighted by Gasteiger charge is -2.21. The van der Waals surface area contributed by atoms with E-state index < -0.39 is 11.8 Å². The van der Waals surface area contributed by atoms with Crippen molar-refractivity contribution in [2.75, 3.05) is 18.0 Å². The summed E-state index contributed by atoms with van der Waals surface area (Å²) in [6.07, 6.45) is 4.63. The van der Waals surface area contributed by atoms with Gasteiger partial charge in [-0.15, -0.1) is 0 Å². The first-order chi connectivity index (χ1) is 14.0. The molecule has 2 aromatic heterocycles. The van der Waals surface area contributed by atoms with Gasteiger partial charge in [-0.05, 0) is 56.3 Å². The minimum absolute atomic E-state index is 0.289. The number of amides is 2. The molecule has 2 N–H and O–H groups in total. The van der Waals surface area contributed by atoms with Crippen LogP contribution in [0.4, 0.5) is 5.69 Å². The van der Waals surface area contributed by atoms with Crippen molar-refractivity contribution < 1.29 is 9.59 Å². The second kappa shape index (κ2) is 9.25. The monoisotopic (exact) mass is 411 g/mol. The van der Waals surface area contributed by atoms with Gasteiger partial charge in [0, 0.05) is 36.6 Å². The van der Waals surface area contributed by atoms with Gasteiger partial charge in [-0.3, -0.25) is 24.8 Å². The van der Waals surface area contributed by atoms with Gasteiger partial charge in [0.05, 0.1) is 5.69 Å². The van der Waals surface area contributed by atoms with Crippen molar-refractivity contribution in [3.05, 3.63) is 71.1 Å². The lowest BCUT2D eigenvalue weighted by atomic mass is 10.2. The van der Waals surface area contributed by atoms with Gasteiger partial charge in [0.25, 0.3) is 11.8 Å². The summed E-state index contributed by atoms with van der Waals surface area (Å²) in [7, 11) is 0. The third kappa shape index (κ3) is 4.75. The first-order valence-electron chi connectivity index (χ1n) is 9.29. The van der Waals surface area contributed by atoms with Gasteiger partial charge >= 0.3 is 0 Å². The van der Waals surface area contributed by atoms with E-state index in [2.05, 4.69) is 34.6 Å².